The number of hydrogen-bond acceptors (Lipinski definition) is 4. The number of aryl methyl sites for hydroxylation is 1. The Hall–Kier alpha value is -3.16. The van der Waals surface area contributed by atoms with Crippen LogP contribution in [0.2, 0.25) is 5.02 Å². The zero-order valence-corrected chi connectivity index (χ0v) is 23.7. The molecule has 4 aliphatic rings. The Bertz CT molecular complexity index is 1360. The second kappa shape index (κ2) is 10.7. The standard InChI is InChI=1S/C32H36ClN3O4/c1-19-8-7-11-22(18-19)34-29(37)26-25-14-16-32(40-25)27(26)31(39)36(17-15-21-10-4-5-12-23(21)33)28(32)30(38)35-24-13-6-3-9-20(24)2/h4-5,7-8,10-12,14,16,18,20,24-28H,3,6,9,13,15,17H2,1-2H3,(H,34,37)(H,35,38)/t20-,24-,25+,26-,27+,28+,32+/m1/s1. The van der Waals surface area contributed by atoms with Crippen LogP contribution in [0.4, 0.5) is 5.69 Å². The number of benzene rings is 2. The number of rotatable bonds is 7. The molecule has 2 N–H and O–H groups in total. The highest BCUT2D eigenvalue weighted by Gasteiger charge is 2.72. The molecule has 2 bridgehead atoms. The van der Waals surface area contributed by atoms with Crippen molar-refractivity contribution < 1.29 is 19.1 Å². The molecule has 210 valence electrons. The number of likely N-dealkylation sites (tertiary alicyclic amines) is 1. The van der Waals surface area contributed by atoms with Gasteiger partial charge in [0.05, 0.1) is 17.9 Å². The van der Waals surface area contributed by atoms with Gasteiger partial charge in [0.2, 0.25) is 17.7 Å². The van der Waals surface area contributed by atoms with Crippen LogP contribution < -0.4 is 10.6 Å². The molecule has 1 spiro atoms. The summed E-state index contributed by atoms with van der Waals surface area (Å²) in [4.78, 5) is 43.6. The van der Waals surface area contributed by atoms with E-state index in [0.717, 1.165) is 36.8 Å². The first-order chi connectivity index (χ1) is 19.3. The van der Waals surface area contributed by atoms with Crippen molar-refractivity contribution in [2.45, 2.75) is 69.7 Å². The number of hydrogen-bond donors (Lipinski definition) is 2. The van der Waals surface area contributed by atoms with Gasteiger partial charge in [0.15, 0.2) is 0 Å². The molecule has 1 aliphatic carbocycles. The van der Waals surface area contributed by atoms with Crippen LogP contribution in [0, 0.1) is 24.7 Å². The normalized spacial score (nSPS) is 32.3. The maximum Gasteiger partial charge on any atom is 0.246 e. The number of amides is 3. The third-order valence-electron chi connectivity index (χ3n) is 9.23. The maximum absolute atomic E-state index is 14.2. The smallest absolute Gasteiger partial charge is 0.246 e. The lowest BCUT2D eigenvalue weighted by Crippen LogP contribution is -2.57. The van der Waals surface area contributed by atoms with Crippen molar-refractivity contribution >= 4 is 35.0 Å². The maximum atomic E-state index is 14.2. The molecule has 0 aromatic heterocycles. The quantitative estimate of drug-likeness (QED) is 0.481. The van der Waals surface area contributed by atoms with Crippen LogP contribution in [0.15, 0.2) is 60.7 Å². The first kappa shape index (κ1) is 27.0. The molecule has 3 aliphatic heterocycles. The van der Waals surface area contributed by atoms with Crippen molar-refractivity contribution in [3.05, 3.63) is 76.8 Å². The molecule has 3 amide bonds. The zero-order chi connectivity index (χ0) is 28.0. The van der Waals surface area contributed by atoms with Crippen LogP contribution in [-0.2, 0) is 25.5 Å². The van der Waals surface area contributed by atoms with Crippen molar-refractivity contribution in [1.29, 1.82) is 0 Å². The van der Waals surface area contributed by atoms with Crippen molar-refractivity contribution in [3.63, 3.8) is 0 Å². The Morgan fingerprint density at radius 2 is 1.90 bits per heavy atom. The fraction of sp³-hybridized carbons (Fsp3) is 0.469. The van der Waals surface area contributed by atoms with Crippen molar-refractivity contribution in [1.82, 2.24) is 10.2 Å². The Morgan fingerprint density at radius 3 is 2.67 bits per heavy atom. The highest BCUT2D eigenvalue weighted by atomic mass is 35.5. The van der Waals surface area contributed by atoms with E-state index in [0.29, 0.717) is 29.6 Å². The molecule has 3 fully saturated rings. The van der Waals surface area contributed by atoms with E-state index in [1.54, 1.807) is 4.90 Å². The first-order valence-corrected chi connectivity index (χ1v) is 14.8. The van der Waals surface area contributed by atoms with Gasteiger partial charge >= 0.3 is 0 Å². The molecule has 1 saturated carbocycles. The van der Waals surface area contributed by atoms with Gasteiger partial charge in [0.1, 0.15) is 11.6 Å². The monoisotopic (exact) mass is 561 g/mol. The van der Waals surface area contributed by atoms with Crippen LogP contribution in [0.25, 0.3) is 0 Å². The highest BCUT2D eigenvalue weighted by Crippen LogP contribution is 2.55. The molecule has 40 heavy (non-hydrogen) atoms. The Morgan fingerprint density at radius 1 is 1.10 bits per heavy atom. The Kier molecular flexibility index (Phi) is 7.21. The van der Waals surface area contributed by atoms with E-state index in [9.17, 15) is 14.4 Å². The Balaban J connectivity index is 1.31. The summed E-state index contributed by atoms with van der Waals surface area (Å²) in [7, 11) is 0. The topological polar surface area (TPSA) is 87.7 Å². The number of nitrogens with one attached hydrogen (secondary N) is 2. The van der Waals surface area contributed by atoms with Crippen molar-refractivity contribution in [3.8, 4) is 0 Å². The van der Waals surface area contributed by atoms with E-state index in [1.165, 1.54) is 0 Å². The lowest BCUT2D eigenvalue weighted by Gasteiger charge is -2.36. The van der Waals surface area contributed by atoms with Gasteiger partial charge in [-0.1, -0.05) is 73.9 Å². The molecule has 6 rings (SSSR count). The minimum atomic E-state index is -1.18. The number of ether oxygens (including phenoxy) is 1. The van der Waals surface area contributed by atoms with E-state index in [1.807, 2.05) is 67.6 Å². The molecule has 0 radical (unpaired) electrons. The second-order valence-corrected chi connectivity index (χ2v) is 12.2. The van der Waals surface area contributed by atoms with Gasteiger partial charge in [-0.2, -0.15) is 0 Å². The summed E-state index contributed by atoms with van der Waals surface area (Å²) in [6.45, 7) is 4.43. The van der Waals surface area contributed by atoms with Gasteiger partial charge in [0, 0.05) is 23.3 Å². The average molecular weight is 562 g/mol. The lowest BCUT2D eigenvalue weighted by molar-refractivity contribution is -0.141. The molecule has 3 heterocycles. The lowest BCUT2D eigenvalue weighted by atomic mass is 9.74. The summed E-state index contributed by atoms with van der Waals surface area (Å²) < 4.78 is 6.48. The minimum absolute atomic E-state index is 0.0558. The number of halogens is 1. The summed E-state index contributed by atoms with van der Waals surface area (Å²) >= 11 is 6.43. The predicted molar refractivity (Wildman–Crippen MR) is 154 cm³/mol. The van der Waals surface area contributed by atoms with E-state index >= 15 is 0 Å². The minimum Gasteiger partial charge on any atom is -0.359 e. The third-order valence-corrected chi connectivity index (χ3v) is 9.60. The molecule has 7 nitrogen and oxygen atoms in total. The Labute approximate surface area is 240 Å². The molecule has 0 unspecified atom stereocenters. The molecule has 2 aromatic carbocycles. The van der Waals surface area contributed by atoms with Crippen LogP contribution in [0.1, 0.15) is 43.7 Å². The summed E-state index contributed by atoms with van der Waals surface area (Å²) in [6, 6.07) is 14.3. The predicted octanol–water partition coefficient (Wildman–Crippen LogP) is 4.68. The van der Waals surface area contributed by atoms with Gasteiger partial charge in [-0.3, -0.25) is 14.4 Å². The molecule has 2 aromatic rings. The number of carbonyl (C=O) groups is 3. The van der Waals surface area contributed by atoms with Gasteiger partial charge in [-0.15, -0.1) is 0 Å². The molecular formula is C32H36ClN3O4. The van der Waals surface area contributed by atoms with E-state index in [4.69, 9.17) is 16.3 Å². The van der Waals surface area contributed by atoms with E-state index < -0.39 is 29.6 Å². The molecule has 8 heteroatoms. The van der Waals surface area contributed by atoms with Gasteiger partial charge < -0.3 is 20.3 Å². The fourth-order valence-electron chi connectivity index (χ4n) is 7.19. The van der Waals surface area contributed by atoms with E-state index in [2.05, 4.69) is 17.6 Å². The fourth-order valence-corrected chi connectivity index (χ4v) is 7.42. The van der Waals surface area contributed by atoms with Crippen LogP contribution >= 0.6 is 11.6 Å². The van der Waals surface area contributed by atoms with E-state index in [-0.39, 0.29) is 23.8 Å². The molecule has 2 saturated heterocycles. The first-order valence-electron chi connectivity index (χ1n) is 14.4. The van der Waals surface area contributed by atoms with Crippen LogP contribution in [0.3, 0.4) is 0 Å². The van der Waals surface area contributed by atoms with Crippen LogP contribution in [-0.4, -0.2) is 53.0 Å². The zero-order valence-electron chi connectivity index (χ0n) is 22.9. The van der Waals surface area contributed by atoms with Crippen LogP contribution in [0.5, 0.6) is 0 Å². The summed E-state index contributed by atoms with van der Waals surface area (Å²) in [5.74, 6) is -1.85. The number of fused-ring (bicyclic) bond motifs is 1. The average Bonchev–Trinajstić information content (AvgIpc) is 3.57. The number of nitrogens with zero attached hydrogens (tertiary/aromatic N) is 1. The summed E-state index contributed by atoms with van der Waals surface area (Å²) in [5.41, 5.74) is 1.42. The SMILES string of the molecule is Cc1cccc(NC(=O)[C@@H]2[C@@H]3C=C[C@]4(O3)[C@@H]2C(=O)N(CCc2ccccc2Cl)[C@H]4C(=O)N[C@@H]2CCCC[C@H]2C)c1. The van der Waals surface area contributed by atoms with Crippen molar-refractivity contribution in [2.24, 2.45) is 17.8 Å². The van der Waals surface area contributed by atoms with Gasteiger partial charge in [-0.05, 0) is 61.4 Å². The highest BCUT2D eigenvalue weighted by molar-refractivity contribution is 6.31. The summed E-state index contributed by atoms with van der Waals surface area (Å²) in [5, 5.41) is 6.89. The second-order valence-electron chi connectivity index (χ2n) is 11.8. The third kappa shape index (κ3) is 4.63. The number of anilines is 1. The van der Waals surface area contributed by atoms with Gasteiger partial charge in [0.25, 0.3) is 0 Å². The largest absolute Gasteiger partial charge is 0.359 e. The molecule has 7 atom stereocenters. The number of carbonyl (C=O) groups excluding carboxylic acids is 3. The van der Waals surface area contributed by atoms with Crippen molar-refractivity contribution in [2.75, 3.05) is 11.9 Å². The molecular weight excluding hydrogens is 526 g/mol. The van der Waals surface area contributed by atoms with Gasteiger partial charge in [-0.25, -0.2) is 0 Å². The summed E-state index contributed by atoms with van der Waals surface area (Å²) in [6.07, 6.45) is 7.87.